The number of hydrogen-bond donors (Lipinski definition) is 0. The molecule has 2 aromatic carbocycles. The number of rotatable bonds is 5. The van der Waals surface area contributed by atoms with Crippen LogP contribution in [-0.2, 0) is 17.5 Å². The van der Waals surface area contributed by atoms with Crippen LogP contribution in [0.25, 0.3) is 0 Å². The number of nitrogens with zero attached hydrogens (tertiary/aromatic N) is 5. The Labute approximate surface area is 202 Å². The molecule has 0 bridgehead atoms. The number of likely N-dealkylation sites (tertiary alicyclic amines) is 1. The zero-order valence-electron chi connectivity index (χ0n) is 17.8. The summed E-state index contributed by atoms with van der Waals surface area (Å²) in [6.07, 6.45) is 7.81. The molecule has 160 valence electrons. The van der Waals surface area contributed by atoms with E-state index in [-0.39, 0.29) is 11.0 Å². The Kier molecular flexibility index (Phi) is 5.53. The van der Waals surface area contributed by atoms with Crippen LogP contribution in [0.4, 0.5) is 0 Å². The number of aromatic nitrogens is 2. The van der Waals surface area contributed by atoms with Crippen molar-refractivity contribution in [1.29, 1.82) is 10.5 Å². The lowest BCUT2D eigenvalue weighted by atomic mass is 9.74. The second-order valence-electron chi connectivity index (χ2n) is 8.95. The maximum Gasteiger partial charge on any atom is 0.0991 e. The SMILES string of the molecule is N#Cc1ccc(C2(n3cncc3CN3CCC(C#N)(c4ccc(I)cc4)CC3)CC2)cc1. The lowest BCUT2D eigenvalue weighted by Crippen LogP contribution is -2.42. The van der Waals surface area contributed by atoms with Crippen LogP contribution in [0.15, 0.2) is 61.1 Å². The summed E-state index contributed by atoms with van der Waals surface area (Å²) in [5.74, 6) is 0. The van der Waals surface area contributed by atoms with Crippen molar-refractivity contribution in [2.75, 3.05) is 13.1 Å². The average Bonchev–Trinajstić information content (AvgIpc) is 3.52. The second-order valence-corrected chi connectivity index (χ2v) is 10.2. The van der Waals surface area contributed by atoms with Gasteiger partial charge in [0.1, 0.15) is 0 Å². The predicted octanol–water partition coefficient (Wildman–Crippen LogP) is 4.95. The van der Waals surface area contributed by atoms with Gasteiger partial charge in [-0.3, -0.25) is 4.90 Å². The molecule has 1 aromatic heterocycles. The summed E-state index contributed by atoms with van der Waals surface area (Å²) >= 11 is 2.31. The summed E-state index contributed by atoms with van der Waals surface area (Å²) < 4.78 is 3.53. The molecule has 5 rings (SSSR count). The molecule has 2 aliphatic rings. The molecule has 0 spiro atoms. The fourth-order valence-corrected chi connectivity index (χ4v) is 5.38. The van der Waals surface area contributed by atoms with Crippen LogP contribution in [0.3, 0.4) is 0 Å². The van der Waals surface area contributed by atoms with Gasteiger partial charge in [0.15, 0.2) is 0 Å². The number of halogens is 1. The Balaban J connectivity index is 1.31. The number of imidazole rings is 1. The topological polar surface area (TPSA) is 68.6 Å². The summed E-state index contributed by atoms with van der Waals surface area (Å²) in [5.41, 5.74) is 3.87. The average molecular weight is 533 g/mol. The Hall–Kier alpha value is -2.68. The molecule has 0 amide bonds. The van der Waals surface area contributed by atoms with E-state index in [9.17, 15) is 5.26 Å². The molecule has 0 N–H and O–H groups in total. The lowest BCUT2D eigenvalue weighted by Gasteiger charge is -2.38. The molecule has 1 aliphatic heterocycles. The normalized spacial score (nSPS) is 19.1. The van der Waals surface area contributed by atoms with E-state index in [1.807, 2.05) is 24.7 Å². The standard InChI is InChI=1S/C26H24IN5/c27-23-7-5-21(6-8-23)25(18-29)11-13-31(14-12-25)17-24-16-30-19-32(24)26(9-10-26)22-3-1-20(15-28)2-4-22/h1-8,16,19H,9-14,17H2. The van der Waals surface area contributed by atoms with Crippen molar-refractivity contribution in [1.82, 2.24) is 14.5 Å². The fourth-order valence-electron chi connectivity index (χ4n) is 5.02. The van der Waals surface area contributed by atoms with Crippen molar-refractivity contribution >= 4 is 22.6 Å². The van der Waals surface area contributed by atoms with Gasteiger partial charge in [0.2, 0.25) is 0 Å². The van der Waals surface area contributed by atoms with E-state index in [1.54, 1.807) is 0 Å². The molecule has 2 fully saturated rings. The van der Waals surface area contributed by atoms with E-state index in [4.69, 9.17) is 5.26 Å². The first-order chi connectivity index (χ1) is 15.6. The summed E-state index contributed by atoms with van der Waals surface area (Å²) in [4.78, 5) is 6.93. The predicted molar refractivity (Wildman–Crippen MR) is 131 cm³/mol. The summed E-state index contributed by atoms with van der Waals surface area (Å²) in [6.45, 7) is 2.63. The highest BCUT2D eigenvalue weighted by Crippen LogP contribution is 2.50. The van der Waals surface area contributed by atoms with Gasteiger partial charge in [-0.25, -0.2) is 4.98 Å². The molecule has 1 saturated carbocycles. The van der Waals surface area contributed by atoms with Gasteiger partial charge in [-0.15, -0.1) is 0 Å². The minimum absolute atomic E-state index is 0.0345. The third-order valence-corrected chi connectivity index (χ3v) is 7.88. The smallest absolute Gasteiger partial charge is 0.0991 e. The Morgan fingerprint density at radius 2 is 1.56 bits per heavy atom. The molecule has 1 aliphatic carbocycles. The van der Waals surface area contributed by atoms with Gasteiger partial charge < -0.3 is 4.57 Å². The van der Waals surface area contributed by atoms with E-state index < -0.39 is 0 Å². The summed E-state index contributed by atoms with van der Waals surface area (Å²) in [6, 6.07) is 21.2. The third kappa shape index (κ3) is 3.72. The molecular formula is C26H24IN5. The van der Waals surface area contributed by atoms with Crippen LogP contribution >= 0.6 is 22.6 Å². The molecule has 6 heteroatoms. The maximum absolute atomic E-state index is 10.0. The van der Waals surface area contributed by atoms with Crippen LogP contribution in [0.2, 0.25) is 0 Å². The number of piperidine rings is 1. The number of hydrogen-bond acceptors (Lipinski definition) is 4. The first-order valence-corrected chi connectivity index (χ1v) is 12.1. The molecule has 3 aromatic rings. The molecule has 2 heterocycles. The van der Waals surface area contributed by atoms with E-state index in [2.05, 4.69) is 85.6 Å². The highest BCUT2D eigenvalue weighted by Gasteiger charge is 2.47. The Morgan fingerprint density at radius 3 is 2.16 bits per heavy atom. The van der Waals surface area contributed by atoms with Crippen molar-refractivity contribution in [3.05, 3.63) is 87.0 Å². The van der Waals surface area contributed by atoms with Crippen LogP contribution in [0.5, 0.6) is 0 Å². The molecule has 0 unspecified atom stereocenters. The van der Waals surface area contributed by atoms with E-state index >= 15 is 0 Å². The zero-order valence-corrected chi connectivity index (χ0v) is 20.0. The van der Waals surface area contributed by atoms with E-state index in [1.165, 1.54) is 14.8 Å². The fraction of sp³-hybridized carbons (Fsp3) is 0.346. The highest BCUT2D eigenvalue weighted by molar-refractivity contribution is 14.1. The van der Waals surface area contributed by atoms with Crippen molar-refractivity contribution in [2.45, 2.75) is 43.2 Å². The Bertz CT molecular complexity index is 1180. The van der Waals surface area contributed by atoms with Gasteiger partial charge in [-0.1, -0.05) is 24.3 Å². The molecule has 32 heavy (non-hydrogen) atoms. The van der Waals surface area contributed by atoms with Gasteiger partial charge in [-0.05, 0) is 83.7 Å². The van der Waals surface area contributed by atoms with Crippen molar-refractivity contribution in [3.8, 4) is 12.1 Å². The lowest BCUT2D eigenvalue weighted by molar-refractivity contribution is 0.174. The van der Waals surface area contributed by atoms with Crippen LogP contribution in [0, 0.1) is 26.2 Å². The van der Waals surface area contributed by atoms with Crippen LogP contribution < -0.4 is 0 Å². The third-order valence-electron chi connectivity index (χ3n) is 7.16. The largest absolute Gasteiger partial charge is 0.323 e. The van der Waals surface area contributed by atoms with Gasteiger partial charge in [-0.2, -0.15) is 10.5 Å². The maximum atomic E-state index is 10.0. The number of nitriles is 2. The van der Waals surface area contributed by atoms with Crippen LogP contribution in [-0.4, -0.2) is 27.5 Å². The van der Waals surface area contributed by atoms with Crippen molar-refractivity contribution in [2.24, 2.45) is 0 Å². The quantitative estimate of drug-likeness (QED) is 0.435. The first-order valence-electron chi connectivity index (χ1n) is 11.0. The zero-order chi connectivity index (χ0) is 22.2. The first kappa shape index (κ1) is 21.2. The second kappa shape index (κ2) is 8.35. The monoisotopic (exact) mass is 533 g/mol. The molecule has 1 saturated heterocycles. The summed E-state index contributed by atoms with van der Waals surface area (Å²) in [5, 5.41) is 19.1. The van der Waals surface area contributed by atoms with E-state index in [0.29, 0.717) is 5.56 Å². The van der Waals surface area contributed by atoms with Crippen molar-refractivity contribution in [3.63, 3.8) is 0 Å². The van der Waals surface area contributed by atoms with Gasteiger partial charge in [0.05, 0.1) is 40.7 Å². The molecule has 5 nitrogen and oxygen atoms in total. The van der Waals surface area contributed by atoms with E-state index in [0.717, 1.165) is 50.9 Å². The van der Waals surface area contributed by atoms with Gasteiger partial charge in [0.25, 0.3) is 0 Å². The minimum atomic E-state index is -0.388. The van der Waals surface area contributed by atoms with Crippen molar-refractivity contribution < 1.29 is 0 Å². The van der Waals surface area contributed by atoms with Gasteiger partial charge in [0, 0.05) is 29.4 Å². The Morgan fingerprint density at radius 1 is 0.906 bits per heavy atom. The molecule has 0 atom stereocenters. The van der Waals surface area contributed by atoms with Crippen LogP contribution in [0.1, 0.15) is 48.1 Å². The summed E-state index contributed by atoms with van der Waals surface area (Å²) in [7, 11) is 0. The molecular weight excluding hydrogens is 509 g/mol. The minimum Gasteiger partial charge on any atom is -0.323 e. The highest BCUT2D eigenvalue weighted by atomic mass is 127. The van der Waals surface area contributed by atoms with Gasteiger partial charge >= 0.3 is 0 Å². The molecule has 0 radical (unpaired) electrons. The number of benzene rings is 2.